The third kappa shape index (κ3) is 1.04. The molecule has 0 fully saturated rings. The first-order chi connectivity index (χ1) is 5.79. The number of aryl methyl sites for hydroxylation is 1. The molecule has 2 heteroatoms. The van der Waals surface area contributed by atoms with Crippen LogP contribution >= 0.6 is 0 Å². The highest BCUT2D eigenvalue weighted by molar-refractivity contribution is 5.67. The van der Waals surface area contributed by atoms with Crippen LogP contribution in [0.3, 0.4) is 0 Å². The highest BCUT2D eigenvalue weighted by Gasteiger charge is 2.11. The van der Waals surface area contributed by atoms with Gasteiger partial charge < -0.3 is 11.1 Å². The molecule has 1 aliphatic rings. The van der Waals surface area contributed by atoms with Gasteiger partial charge in [0.1, 0.15) is 0 Å². The SMILES string of the molecule is Cc1ccc2c(c1N)CCCN2. The number of nitrogens with two attached hydrogens (primary N) is 1. The standard InChI is InChI=1S/C10H14N2/c1-7-4-5-9-8(10(7)11)3-2-6-12-9/h4-5,12H,2-3,6,11H2,1H3. The van der Waals surface area contributed by atoms with E-state index in [-0.39, 0.29) is 0 Å². The van der Waals surface area contributed by atoms with Gasteiger partial charge in [0, 0.05) is 17.9 Å². The molecule has 1 aromatic rings. The first-order valence-corrected chi connectivity index (χ1v) is 4.41. The topological polar surface area (TPSA) is 38.0 Å². The van der Waals surface area contributed by atoms with Crippen molar-refractivity contribution in [3.8, 4) is 0 Å². The van der Waals surface area contributed by atoms with E-state index in [9.17, 15) is 0 Å². The van der Waals surface area contributed by atoms with Gasteiger partial charge >= 0.3 is 0 Å². The van der Waals surface area contributed by atoms with Crippen molar-refractivity contribution in [1.29, 1.82) is 0 Å². The Hall–Kier alpha value is -1.18. The third-order valence-corrected chi connectivity index (χ3v) is 2.49. The second-order valence-corrected chi connectivity index (χ2v) is 3.35. The smallest absolute Gasteiger partial charge is 0.0397 e. The molecular formula is C10H14N2. The van der Waals surface area contributed by atoms with Crippen molar-refractivity contribution in [1.82, 2.24) is 0 Å². The van der Waals surface area contributed by atoms with E-state index in [1.807, 2.05) is 0 Å². The quantitative estimate of drug-likeness (QED) is 0.572. The maximum atomic E-state index is 5.96. The summed E-state index contributed by atoms with van der Waals surface area (Å²) in [7, 11) is 0. The average Bonchev–Trinajstić information content (AvgIpc) is 2.12. The third-order valence-electron chi connectivity index (χ3n) is 2.49. The van der Waals surface area contributed by atoms with Gasteiger partial charge in [0.05, 0.1) is 0 Å². The predicted molar refractivity (Wildman–Crippen MR) is 52.4 cm³/mol. The van der Waals surface area contributed by atoms with Gasteiger partial charge in [0.2, 0.25) is 0 Å². The van der Waals surface area contributed by atoms with Crippen LogP contribution in [0.15, 0.2) is 12.1 Å². The lowest BCUT2D eigenvalue weighted by molar-refractivity contribution is 0.831. The Morgan fingerprint density at radius 1 is 1.42 bits per heavy atom. The number of benzene rings is 1. The Morgan fingerprint density at radius 3 is 3.08 bits per heavy atom. The number of rotatable bonds is 0. The second-order valence-electron chi connectivity index (χ2n) is 3.35. The normalized spacial score (nSPS) is 15.1. The molecule has 2 nitrogen and oxygen atoms in total. The van der Waals surface area contributed by atoms with Gasteiger partial charge in [-0.1, -0.05) is 6.07 Å². The summed E-state index contributed by atoms with van der Waals surface area (Å²) in [5.74, 6) is 0. The maximum Gasteiger partial charge on any atom is 0.0397 e. The van der Waals surface area contributed by atoms with E-state index < -0.39 is 0 Å². The minimum Gasteiger partial charge on any atom is -0.398 e. The first kappa shape index (κ1) is 7.47. The van der Waals surface area contributed by atoms with Crippen LogP contribution in [0, 0.1) is 6.92 Å². The van der Waals surface area contributed by atoms with Crippen molar-refractivity contribution in [2.75, 3.05) is 17.6 Å². The Kier molecular flexibility index (Phi) is 1.68. The van der Waals surface area contributed by atoms with Gasteiger partial charge in [0.25, 0.3) is 0 Å². The van der Waals surface area contributed by atoms with Crippen LogP contribution in [-0.4, -0.2) is 6.54 Å². The zero-order chi connectivity index (χ0) is 8.55. The van der Waals surface area contributed by atoms with Crippen LogP contribution in [0.1, 0.15) is 17.5 Å². The Morgan fingerprint density at radius 2 is 2.25 bits per heavy atom. The molecule has 64 valence electrons. The van der Waals surface area contributed by atoms with E-state index in [0.29, 0.717) is 0 Å². The van der Waals surface area contributed by atoms with Crippen molar-refractivity contribution in [3.05, 3.63) is 23.3 Å². The number of anilines is 2. The fraction of sp³-hybridized carbons (Fsp3) is 0.400. The molecule has 3 N–H and O–H groups in total. The van der Waals surface area contributed by atoms with E-state index in [2.05, 4.69) is 24.4 Å². The van der Waals surface area contributed by atoms with Crippen LogP contribution in [-0.2, 0) is 6.42 Å². The lowest BCUT2D eigenvalue weighted by atomic mass is 9.99. The molecule has 0 amide bonds. The lowest BCUT2D eigenvalue weighted by Crippen LogP contribution is -2.13. The molecular weight excluding hydrogens is 148 g/mol. The van der Waals surface area contributed by atoms with Crippen LogP contribution in [0.5, 0.6) is 0 Å². The molecule has 0 spiro atoms. The minimum atomic E-state index is 0.972. The zero-order valence-corrected chi connectivity index (χ0v) is 7.35. The molecule has 0 bridgehead atoms. The van der Waals surface area contributed by atoms with Gasteiger partial charge in [-0.2, -0.15) is 0 Å². The molecule has 0 aliphatic carbocycles. The number of hydrogen-bond donors (Lipinski definition) is 2. The predicted octanol–water partition coefficient (Wildman–Crippen LogP) is 1.94. The monoisotopic (exact) mass is 162 g/mol. The summed E-state index contributed by atoms with van der Waals surface area (Å²) in [6.45, 7) is 3.14. The summed E-state index contributed by atoms with van der Waals surface area (Å²) >= 11 is 0. The fourth-order valence-corrected chi connectivity index (χ4v) is 1.70. The van der Waals surface area contributed by atoms with E-state index in [0.717, 1.165) is 18.7 Å². The van der Waals surface area contributed by atoms with E-state index in [4.69, 9.17) is 5.73 Å². The summed E-state index contributed by atoms with van der Waals surface area (Å²) in [5.41, 5.74) is 10.7. The summed E-state index contributed by atoms with van der Waals surface area (Å²) in [4.78, 5) is 0. The van der Waals surface area contributed by atoms with Gasteiger partial charge in [-0.3, -0.25) is 0 Å². The van der Waals surface area contributed by atoms with E-state index >= 15 is 0 Å². The minimum absolute atomic E-state index is 0.972. The summed E-state index contributed by atoms with van der Waals surface area (Å²) in [6, 6.07) is 4.20. The van der Waals surface area contributed by atoms with Gasteiger partial charge in [-0.15, -0.1) is 0 Å². The molecule has 12 heavy (non-hydrogen) atoms. The number of hydrogen-bond acceptors (Lipinski definition) is 2. The Labute approximate surface area is 72.8 Å². The largest absolute Gasteiger partial charge is 0.398 e. The second kappa shape index (κ2) is 2.70. The van der Waals surface area contributed by atoms with Gasteiger partial charge in [-0.25, -0.2) is 0 Å². The molecule has 0 aromatic heterocycles. The van der Waals surface area contributed by atoms with Crippen molar-refractivity contribution in [2.45, 2.75) is 19.8 Å². The number of fused-ring (bicyclic) bond motifs is 1. The zero-order valence-electron chi connectivity index (χ0n) is 7.35. The van der Waals surface area contributed by atoms with Crippen LogP contribution < -0.4 is 11.1 Å². The van der Waals surface area contributed by atoms with Crippen molar-refractivity contribution in [2.24, 2.45) is 0 Å². The van der Waals surface area contributed by atoms with Crippen molar-refractivity contribution in [3.63, 3.8) is 0 Å². The first-order valence-electron chi connectivity index (χ1n) is 4.41. The number of nitrogens with one attached hydrogen (secondary N) is 1. The van der Waals surface area contributed by atoms with Gasteiger partial charge in [-0.05, 0) is 37.0 Å². The van der Waals surface area contributed by atoms with E-state index in [1.165, 1.54) is 23.2 Å². The molecule has 2 rings (SSSR count). The molecule has 0 saturated carbocycles. The van der Waals surface area contributed by atoms with E-state index in [1.54, 1.807) is 0 Å². The summed E-state index contributed by atoms with van der Waals surface area (Å²) in [5, 5.41) is 3.35. The van der Waals surface area contributed by atoms with Crippen LogP contribution in [0.2, 0.25) is 0 Å². The number of nitrogen functional groups attached to an aromatic ring is 1. The fourth-order valence-electron chi connectivity index (χ4n) is 1.70. The van der Waals surface area contributed by atoms with Gasteiger partial charge in [0.15, 0.2) is 0 Å². The summed E-state index contributed by atoms with van der Waals surface area (Å²) in [6.07, 6.45) is 2.32. The summed E-state index contributed by atoms with van der Waals surface area (Å²) < 4.78 is 0. The molecule has 0 unspecified atom stereocenters. The molecule has 0 radical (unpaired) electrons. The highest BCUT2D eigenvalue weighted by atomic mass is 14.9. The Bertz CT molecular complexity index is 305. The molecule has 1 heterocycles. The van der Waals surface area contributed by atoms with Crippen molar-refractivity contribution < 1.29 is 0 Å². The molecule has 1 aliphatic heterocycles. The molecule has 1 aromatic carbocycles. The lowest BCUT2D eigenvalue weighted by Gasteiger charge is -2.20. The Balaban J connectivity index is 2.54. The van der Waals surface area contributed by atoms with Crippen LogP contribution in [0.4, 0.5) is 11.4 Å². The van der Waals surface area contributed by atoms with Crippen LogP contribution in [0.25, 0.3) is 0 Å². The highest BCUT2D eigenvalue weighted by Crippen LogP contribution is 2.29. The molecule has 0 saturated heterocycles. The molecule has 0 atom stereocenters. The average molecular weight is 162 g/mol. The maximum absolute atomic E-state index is 5.96. The van der Waals surface area contributed by atoms with Crippen molar-refractivity contribution >= 4 is 11.4 Å².